The minimum Gasteiger partial charge on any atom is -0.330 e. The maximum Gasteiger partial charge on any atom is 0.0241 e. The Balaban J connectivity index is 3.82. The van der Waals surface area contributed by atoms with Crippen molar-refractivity contribution in [1.82, 2.24) is 4.90 Å². The highest BCUT2D eigenvalue weighted by Crippen LogP contribution is 1.95. The molecule has 0 aliphatic rings. The molecule has 0 saturated heterocycles. The highest BCUT2D eigenvalue weighted by molar-refractivity contribution is 4.85. The Morgan fingerprint density at radius 2 is 1.64 bits per heavy atom. The minimum atomic E-state index is 0.766. The standard InChI is InChI=1S/C12H20N2/c1-3-5-10-14(11-6-4-2)12-8-7-9-13/h5-6H,1-2,7-13H2. The topological polar surface area (TPSA) is 29.3 Å². The fraction of sp³-hybridized carbons (Fsp3) is 0.500. The maximum absolute atomic E-state index is 5.44. The predicted octanol–water partition coefficient (Wildman–Crippen LogP) is 1.71. The van der Waals surface area contributed by atoms with Crippen molar-refractivity contribution in [2.24, 2.45) is 5.73 Å². The molecule has 2 heteroatoms. The summed E-state index contributed by atoms with van der Waals surface area (Å²) in [7, 11) is 0. The first-order chi connectivity index (χ1) is 6.85. The molecular weight excluding hydrogens is 172 g/mol. The number of nitrogens with zero attached hydrogens (tertiary/aromatic N) is 1. The lowest BCUT2D eigenvalue weighted by molar-refractivity contribution is 0.327. The van der Waals surface area contributed by atoms with Crippen LogP contribution in [0.1, 0.15) is 12.8 Å². The molecule has 0 saturated carbocycles. The van der Waals surface area contributed by atoms with Crippen molar-refractivity contribution in [2.75, 3.05) is 26.2 Å². The van der Waals surface area contributed by atoms with E-state index in [-0.39, 0.29) is 0 Å². The first kappa shape index (κ1) is 13.0. The number of rotatable bonds is 8. The monoisotopic (exact) mass is 192 g/mol. The Hall–Kier alpha value is -1.04. The normalized spacial score (nSPS) is 9.29. The first-order valence-electron chi connectivity index (χ1n) is 4.96. The van der Waals surface area contributed by atoms with E-state index in [2.05, 4.69) is 29.5 Å². The van der Waals surface area contributed by atoms with Crippen LogP contribution in [-0.4, -0.2) is 31.1 Å². The van der Waals surface area contributed by atoms with Crippen molar-refractivity contribution >= 4 is 0 Å². The van der Waals surface area contributed by atoms with E-state index in [0.717, 1.165) is 39.0 Å². The van der Waals surface area contributed by atoms with Crippen LogP contribution >= 0.6 is 0 Å². The van der Waals surface area contributed by atoms with Crippen LogP contribution in [-0.2, 0) is 0 Å². The molecule has 0 radical (unpaired) electrons. The van der Waals surface area contributed by atoms with E-state index in [9.17, 15) is 0 Å². The highest BCUT2D eigenvalue weighted by atomic mass is 15.1. The molecule has 0 atom stereocenters. The Morgan fingerprint density at radius 3 is 2.07 bits per heavy atom. The lowest BCUT2D eigenvalue weighted by Gasteiger charge is -2.17. The number of hydrogen-bond acceptors (Lipinski definition) is 2. The Kier molecular flexibility index (Phi) is 9.30. The lowest BCUT2D eigenvalue weighted by Crippen LogP contribution is -2.25. The molecule has 2 N–H and O–H groups in total. The second-order valence-electron chi connectivity index (χ2n) is 3.07. The molecule has 0 aliphatic heterocycles. The van der Waals surface area contributed by atoms with Gasteiger partial charge < -0.3 is 5.73 Å². The molecule has 2 nitrogen and oxygen atoms in total. The van der Waals surface area contributed by atoms with Crippen molar-refractivity contribution < 1.29 is 0 Å². The number of unbranched alkanes of at least 4 members (excludes halogenated alkanes) is 1. The summed E-state index contributed by atoms with van der Waals surface area (Å²) >= 11 is 0. The van der Waals surface area contributed by atoms with Gasteiger partial charge in [0, 0.05) is 13.1 Å². The molecule has 0 aromatic heterocycles. The molecular formula is C12H20N2. The van der Waals surface area contributed by atoms with Gasteiger partial charge in [-0.05, 0) is 38.1 Å². The molecule has 0 fully saturated rings. The summed E-state index contributed by atoms with van der Waals surface area (Å²) in [5, 5.41) is 0. The molecule has 78 valence electrons. The number of hydrogen-bond donors (Lipinski definition) is 1. The summed E-state index contributed by atoms with van der Waals surface area (Å²) in [6.45, 7) is 10.7. The quantitative estimate of drug-likeness (QED) is 0.468. The van der Waals surface area contributed by atoms with E-state index < -0.39 is 0 Å². The third-order valence-corrected chi connectivity index (χ3v) is 1.92. The van der Waals surface area contributed by atoms with E-state index in [1.165, 1.54) is 0 Å². The van der Waals surface area contributed by atoms with Crippen molar-refractivity contribution in [3.8, 4) is 0 Å². The fourth-order valence-corrected chi connectivity index (χ4v) is 1.12. The van der Waals surface area contributed by atoms with Crippen LogP contribution in [0.15, 0.2) is 36.8 Å². The molecule has 0 rings (SSSR count). The van der Waals surface area contributed by atoms with E-state index in [0.29, 0.717) is 0 Å². The van der Waals surface area contributed by atoms with Gasteiger partial charge >= 0.3 is 0 Å². The molecule has 0 unspecified atom stereocenters. The summed E-state index contributed by atoms with van der Waals surface area (Å²) in [5.74, 6) is 0. The Bertz CT molecular complexity index is 200. The largest absolute Gasteiger partial charge is 0.330 e. The number of nitrogens with two attached hydrogens (primary N) is 1. The van der Waals surface area contributed by atoms with Crippen LogP contribution < -0.4 is 5.73 Å². The van der Waals surface area contributed by atoms with Crippen molar-refractivity contribution in [1.29, 1.82) is 0 Å². The summed E-state index contributed by atoms with van der Waals surface area (Å²) in [5.41, 5.74) is 11.0. The molecule has 0 spiro atoms. The van der Waals surface area contributed by atoms with Gasteiger partial charge in [-0.3, -0.25) is 4.90 Å². The van der Waals surface area contributed by atoms with Gasteiger partial charge in [0.05, 0.1) is 0 Å². The zero-order valence-electron chi connectivity index (χ0n) is 8.84. The summed E-state index contributed by atoms with van der Waals surface area (Å²) in [4.78, 5) is 2.28. The Labute approximate surface area is 87.1 Å². The summed E-state index contributed by atoms with van der Waals surface area (Å²) in [6.07, 6.45) is 6.07. The second kappa shape index (κ2) is 10.0. The first-order valence-corrected chi connectivity index (χ1v) is 4.96. The zero-order chi connectivity index (χ0) is 10.6. The average Bonchev–Trinajstić information content (AvgIpc) is 2.21. The lowest BCUT2D eigenvalue weighted by atomic mass is 10.3. The van der Waals surface area contributed by atoms with Crippen LogP contribution in [0.25, 0.3) is 0 Å². The molecule has 0 heterocycles. The van der Waals surface area contributed by atoms with Gasteiger partial charge in [0.1, 0.15) is 0 Å². The molecule has 14 heavy (non-hydrogen) atoms. The molecule has 0 amide bonds. The predicted molar refractivity (Wildman–Crippen MR) is 62.1 cm³/mol. The third kappa shape index (κ3) is 7.60. The average molecular weight is 192 g/mol. The van der Waals surface area contributed by atoms with Crippen LogP contribution in [0.3, 0.4) is 0 Å². The van der Waals surface area contributed by atoms with E-state index >= 15 is 0 Å². The van der Waals surface area contributed by atoms with Crippen molar-refractivity contribution in [3.63, 3.8) is 0 Å². The van der Waals surface area contributed by atoms with Gasteiger partial charge in [-0.1, -0.05) is 13.2 Å². The van der Waals surface area contributed by atoms with Crippen LogP contribution in [0, 0.1) is 0 Å². The van der Waals surface area contributed by atoms with E-state index in [1.54, 1.807) is 0 Å². The molecule has 0 aliphatic carbocycles. The van der Waals surface area contributed by atoms with Crippen molar-refractivity contribution in [2.45, 2.75) is 12.8 Å². The van der Waals surface area contributed by atoms with Gasteiger partial charge in [0.2, 0.25) is 0 Å². The minimum absolute atomic E-state index is 0.766. The third-order valence-electron chi connectivity index (χ3n) is 1.92. The zero-order valence-corrected chi connectivity index (χ0v) is 8.84. The van der Waals surface area contributed by atoms with Gasteiger partial charge in [0.15, 0.2) is 0 Å². The highest BCUT2D eigenvalue weighted by Gasteiger charge is 1.99. The van der Waals surface area contributed by atoms with Crippen LogP contribution in [0.2, 0.25) is 0 Å². The van der Waals surface area contributed by atoms with Gasteiger partial charge in [-0.15, -0.1) is 11.5 Å². The van der Waals surface area contributed by atoms with Gasteiger partial charge in [0.25, 0.3) is 0 Å². The van der Waals surface area contributed by atoms with Gasteiger partial charge in [-0.25, -0.2) is 0 Å². The summed E-state index contributed by atoms with van der Waals surface area (Å²) < 4.78 is 0. The van der Waals surface area contributed by atoms with E-state index in [1.807, 2.05) is 12.2 Å². The molecule has 0 aromatic carbocycles. The molecule has 0 bridgehead atoms. The Morgan fingerprint density at radius 1 is 1.07 bits per heavy atom. The fourth-order valence-electron chi connectivity index (χ4n) is 1.12. The maximum atomic E-state index is 5.44. The van der Waals surface area contributed by atoms with Crippen LogP contribution in [0.4, 0.5) is 0 Å². The van der Waals surface area contributed by atoms with Crippen LogP contribution in [0.5, 0.6) is 0 Å². The SMILES string of the molecule is C=C=CCN(CC=C=C)CCCCN. The van der Waals surface area contributed by atoms with Crippen molar-refractivity contribution in [3.05, 3.63) is 36.8 Å². The van der Waals surface area contributed by atoms with E-state index in [4.69, 9.17) is 5.73 Å². The summed E-state index contributed by atoms with van der Waals surface area (Å²) in [6, 6.07) is 0. The van der Waals surface area contributed by atoms with Gasteiger partial charge in [-0.2, -0.15) is 0 Å². The molecule has 0 aromatic rings. The smallest absolute Gasteiger partial charge is 0.0241 e. The second-order valence-corrected chi connectivity index (χ2v) is 3.07.